The fourth-order valence-corrected chi connectivity index (χ4v) is 2.80. The zero-order chi connectivity index (χ0) is 16.8. The number of nitrogens with zero attached hydrogens (tertiary/aromatic N) is 5. The van der Waals surface area contributed by atoms with Gasteiger partial charge in [-0.15, -0.1) is 5.10 Å². The van der Waals surface area contributed by atoms with Gasteiger partial charge in [0.1, 0.15) is 0 Å². The van der Waals surface area contributed by atoms with Crippen molar-refractivity contribution >= 4 is 17.5 Å². The highest BCUT2D eigenvalue weighted by Crippen LogP contribution is 2.20. The van der Waals surface area contributed by atoms with E-state index >= 15 is 0 Å². The largest absolute Gasteiger partial charge is 0.379 e. The molecule has 0 bridgehead atoms. The van der Waals surface area contributed by atoms with E-state index in [9.17, 15) is 0 Å². The van der Waals surface area contributed by atoms with Crippen LogP contribution in [0.25, 0.3) is 11.3 Å². The van der Waals surface area contributed by atoms with E-state index in [1.807, 2.05) is 36.2 Å². The van der Waals surface area contributed by atoms with Crippen molar-refractivity contribution in [1.29, 1.82) is 0 Å². The second-order valence-corrected chi connectivity index (χ2v) is 6.31. The molecule has 1 aliphatic rings. The van der Waals surface area contributed by atoms with Gasteiger partial charge in [-0.1, -0.05) is 23.7 Å². The smallest absolute Gasteiger partial charge is 0.245 e. The van der Waals surface area contributed by atoms with Crippen LogP contribution in [0.5, 0.6) is 0 Å². The predicted molar refractivity (Wildman–Crippen MR) is 95.4 cm³/mol. The predicted octanol–water partition coefficient (Wildman–Crippen LogP) is 2.35. The topological polar surface area (TPSA) is 54.4 Å². The second-order valence-electron chi connectivity index (χ2n) is 5.88. The minimum Gasteiger partial charge on any atom is -0.379 e. The number of rotatable bonds is 6. The molecule has 0 radical (unpaired) electrons. The van der Waals surface area contributed by atoms with Gasteiger partial charge in [0.15, 0.2) is 0 Å². The van der Waals surface area contributed by atoms with Crippen molar-refractivity contribution < 1.29 is 4.74 Å². The summed E-state index contributed by atoms with van der Waals surface area (Å²) in [5.74, 6) is 0.643. The van der Waals surface area contributed by atoms with Gasteiger partial charge in [0, 0.05) is 43.8 Å². The summed E-state index contributed by atoms with van der Waals surface area (Å²) in [6.07, 6.45) is 2.74. The van der Waals surface area contributed by atoms with Gasteiger partial charge in [0.2, 0.25) is 5.95 Å². The molecule has 2 aromatic rings. The average Bonchev–Trinajstić information content (AvgIpc) is 2.63. The van der Waals surface area contributed by atoms with E-state index in [0.717, 1.165) is 57.1 Å². The number of hydrogen-bond donors (Lipinski definition) is 0. The van der Waals surface area contributed by atoms with Crippen molar-refractivity contribution in [2.24, 2.45) is 0 Å². The first-order valence-corrected chi connectivity index (χ1v) is 8.57. The lowest BCUT2D eigenvalue weighted by Crippen LogP contribution is -2.38. The van der Waals surface area contributed by atoms with Crippen molar-refractivity contribution in [3.8, 4) is 11.3 Å². The van der Waals surface area contributed by atoms with Crippen LogP contribution in [0.4, 0.5) is 5.95 Å². The molecule has 1 aromatic heterocycles. The number of hydrogen-bond acceptors (Lipinski definition) is 6. The number of halogens is 1. The highest BCUT2D eigenvalue weighted by molar-refractivity contribution is 6.30. The maximum Gasteiger partial charge on any atom is 0.245 e. The van der Waals surface area contributed by atoms with E-state index in [4.69, 9.17) is 16.3 Å². The summed E-state index contributed by atoms with van der Waals surface area (Å²) in [6.45, 7) is 5.68. The number of benzene rings is 1. The Balaban J connectivity index is 1.57. The van der Waals surface area contributed by atoms with Gasteiger partial charge in [-0.05, 0) is 18.6 Å². The van der Waals surface area contributed by atoms with Gasteiger partial charge in [-0.3, -0.25) is 4.90 Å². The quantitative estimate of drug-likeness (QED) is 0.799. The third-order valence-corrected chi connectivity index (χ3v) is 4.35. The molecule has 0 spiro atoms. The Morgan fingerprint density at radius 2 is 1.96 bits per heavy atom. The molecule has 0 unspecified atom stereocenters. The Hall–Kier alpha value is -1.76. The molecule has 1 saturated heterocycles. The lowest BCUT2D eigenvalue weighted by Gasteiger charge is -2.27. The number of ether oxygens (including phenoxy) is 1. The van der Waals surface area contributed by atoms with E-state index in [1.165, 1.54) is 0 Å². The van der Waals surface area contributed by atoms with Gasteiger partial charge in [0.05, 0.1) is 25.1 Å². The first-order chi connectivity index (χ1) is 11.7. The summed E-state index contributed by atoms with van der Waals surface area (Å²) in [4.78, 5) is 9.09. The van der Waals surface area contributed by atoms with Gasteiger partial charge < -0.3 is 9.64 Å². The molecule has 0 aliphatic carbocycles. The third-order valence-electron chi connectivity index (χ3n) is 4.10. The molecule has 6 nitrogen and oxygen atoms in total. The lowest BCUT2D eigenvalue weighted by molar-refractivity contribution is 0.0377. The summed E-state index contributed by atoms with van der Waals surface area (Å²) < 4.78 is 5.37. The van der Waals surface area contributed by atoms with Crippen LogP contribution in [0.15, 0.2) is 30.5 Å². The van der Waals surface area contributed by atoms with E-state index in [0.29, 0.717) is 11.0 Å². The van der Waals surface area contributed by atoms with Crippen LogP contribution in [0.3, 0.4) is 0 Å². The lowest BCUT2D eigenvalue weighted by atomic mass is 10.2. The molecule has 2 heterocycles. The van der Waals surface area contributed by atoms with Crippen molar-refractivity contribution in [2.45, 2.75) is 6.42 Å². The van der Waals surface area contributed by atoms with Crippen molar-refractivity contribution in [3.05, 3.63) is 35.5 Å². The summed E-state index contributed by atoms with van der Waals surface area (Å²) >= 11 is 5.93. The summed E-state index contributed by atoms with van der Waals surface area (Å²) in [5, 5.41) is 8.95. The molecule has 1 fully saturated rings. The molecule has 1 aromatic carbocycles. The van der Waals surface area contributed by atoms with E-state index in [-0.39, 0.29) is 0 Å². The molecule has 0 N–H and O–H groups in total. The number of morpholine rings is 1. The van der Waals surface area contributed by atoms with Crippen LogP contribution < -0.4 is 4.90 Å². The van der Waals surface area contributed by atoms with Crippen molar-refractivity contribution in [3.63, 3.8) is 0 Å². The van der Waals surface area contributed by atoms with E-state index in [2.05, 4.69) is 20.1 Å². The average molecular weight is 348 g/mol. The monoisotopic (exact) mass is 347 g/mol. The molecule has 1 aliphatic heterocycles. The van der Waals surface area contributed by atoms with Gasteiger partial charge in [-0.25, -0.2) is 4.98 Å². The molecule has 0 saturated carbocycles. The first-order valence-electron chi connectivity index (χ1n) is 8.19. The summed E-state index contributed by atoms with van der Waals surface area (Å²) in [5.41, 5.74) is 1.79. The Morgan fingerprint density at radius 1 is 1.21 bits per heavy atom. The van der Waals surface area contributed by atoms with Crippen LogP contribution in [0, 0.1) is 0 Å². The van der Waals surface area contributed by atoms with Gasteiger partial charge >= 0.3 is 0 Å². The number of aromatic nitrogens is 3. The third kappa shape index (κ3) is 4.63. The Morgan fingerprint density at radius 3 is 2.71 bits per heavy atom. The fourth-order valence-electron chi connectivity index (χ4n) is 2.67. The van der Waals surface area contributed by atoms with Crippen LogP contribution in [-0.2, 0) is 4.74 Å². The minimum atomic E-state index is 0.643. The molecule has 7 heteroatoms. The molecular formula is C17H22ClN5O. The molecule has 3 rings (SSSR count). The normalized spacial score (nSPS) is 15.4. The number of anilines is 1. The fraction of sp³-hybridized carbons (Fsp3) is 0.471. The molecule has 0 atom stereocenters. The highest BCUT2D eigenvalue weighted by Gasteiger charge is 2.11. The molecule has 128 valence electrons. The first kappa shape index (κ1) is 17.1. The molecular weight excluding hydrogens is 326 g/mol. The van der Waals surface area contributed by atoms with Crippen molar-refractivity contribution in [2.75, 3.05) is 51.3 Å². The highest BCUT2D eigenvalue weighted by atomic mass is 35.5. The van der Waals surface area contributed by atoms with Gasteiger partial charge in [0.25, 0.3) is 0 Å². The van der Waals surface area contributed by atoms with Gasteiger partial charge in [-0.2, -0.15) is 5.10 Å². The maximum absolute atomic E-state index is 5.93. The van der Waals surface area contributed by atoms with E-state index in [1.54, 1.807) is 6.20 Å². The van der Waals surface area contributed by atoms with Crippen molar-refractivity contribution in [1.82, 2.24) is 20.1 Å². The molecule has 24 heavy (non-hydrogen) atoms. The molecule has 0 amide bonds. The standard InChI is InChI=1S/C17H22ClN5O/c1-22(7-2-8-23-9-11-24-12-10-23)17-20-16(13-19-21-17)14-3-5-15(18)6-4-14/h3-6,13H,2,7-12H2,1H3. The van der Waals surface area contributed by atoms with Crippen LogP contribution in [0.2, 0.25) is 5.02 Å². The Bertz CT molecular complexity index is 646. The Kier molecular flexibility index (Phi) is 5.96. The van der Waals surface area contributed by atoms with Crippen LogP contribution in [-0.4, -0.2) is 66.5 Å². The summed E-state index contributed by atoms with van der Waals surface area (Å²) in [7, 11) is 2.00. The summed E-state index contributed by atoms with van der Waals surface area (Å²) in [6, 6.07) is 7.58. The zero-order valence-electron chi connectivity index (χ0n) is 13.9. The second kappa shape index (κ2) is 8.37. The maximum atomic E-state index is 5.93. The minimum absolute atomic E-state index is 0.643. The van der Waals surface area contributed by atoms with E-state index < -0.39 is 0 Å². The zero-order valence-corrected chi connectivity index (χ0v) is 14.6. The van der Waals surface area contributed by atoms with Crippen LogP contribution in [0.1, 0.15) is 6.42 Å². The van der Waals surface area contributed by atoms with Crippen LogP contribution >= 0.6 is 11.6 Å². The Labute approximate surface area is 147 Å². The SMILES string of the molecule is CN(CCCN1CCOCC1)c1nncc(-c2ccc(Cl)cc2)n1.